The van der Waals surface area contributed by atoms with E-state index < -0.39 is 0 Å². The number of aryl methyl sites for hydroxylation is 1. The van der Waals surface area contributed by atoms with E-state index in [0.29, 0.717) is 11.6 Å². The number of amides is 1. The monoisotopic (exact) mass is 254 g/mol. The maximum atomic E-state index is 11.9. The minimum absolute atomic E-state index is 0.0672. The molecule has 1 amide bonds. The van der Waals surface area contributed by atoms with Crippen LogP contribution in [0.15, 0.2) is 35.0 Å². The molecule has 1 aliphatic carbocycles. The zero-order chi connectivity index (χ0) is 13.2. The van der Waals surface area contributed by atoms with Gasteiger partial charge in [0.25, 0.3) is 5.91 Å². The van der Waals surface area contributed by atoms with Crippen LogP contribution in [0.25, 0.3) is 6.08 Å². The molecule has 1 aliphatic heterocycles. The minimum Gasteiger partial charge on any atom is -0.308 e. The summed E-state index contributed by atoms with van der Waals surface area (Å²) in [5, 5.41) is 2.92. The molecule has 19 heavy (non-hydrogen) atoms. The van der Waals surface area contributed by atoms with Crippen molar-refractivity contribution in [3.8, 4) is 0 Å². The van der Waals surface area contributed by atoms with Crippen molar-refractivity contribution in [1.82, 2.24) is 5.32 Å². The summed E-state index contributed by atoms with van der Waals surface area (Å²) in [6.07, 6.45) is 6.65. The maximum Gasteiger partial charge on any atom is 0.275 e. The summed E-state index contributed by atoms with van der Waals surface area (Å²) in [4.78, 5) is 16.4. The molecule has 1 aromatic rings. The van der Waals surface area contributed by atoms with Gasteiger partial charge in [-0.25, -0.2) is 4.99 Å². The van der Waals surface area contributed by atoms with Gasteiger partial charge in [0, 0.05) is 5.92 Å². The molecule has 0 saturated heterocycles. The number of aliphatic imine (C=N–C) groups is 1. The Morgan fingerprint density at radius 1 is 1.21 bits per heavy atom. The smallest absolute Gasteiger partial charge is 0.275 e. The zero-order valence-electron chi connectivity index (χ0n) is 11.1. The van der Waals surface area contributed by atoms with Crippen molar-refractivity contribution in [1.29, 1.82) is 0 Å². The van der Waals surface area contributed by atoms with Crippen LogP contribution in [0.5, 0.6) is 0 Å². The summed E-state index contributed by atoms with van der Waals surface area (Å²) in [6.45, 7) is 2.05. The second kappa shape index (κ2) is 5.00. The molecule has 0 spiro atoms. The standard InChI is InChI=1S/C16H18N2O/c1-11-6-8-12(9-7-11)10-14-16(19)18-15(17-14)13-4-2-3-5-13/h6-10,13H,2-5H2,1H3,(H,17,18,19)/b14-10+. The summed E-state index contributed by atoms with van der Waals surface area (Å²) in [5.41, 5.74) is 2.77. The molecular weight excluding hydrogens is 236 g/mol. The average Bonchev–Trinajstić information content (AvgIpc) is 3.03. The molecule has 1 aromatic carbocycles. The van der Waals surface area contributed by atoms with Crippen molar-refractivity contribution in [2.24, 2.45) is 10.9 Å². The van der Waals surface area contributed by atoms with Gasteiger partial charge in [0.1, 0.15) is 11.5 Å². The van der Waals surface area contributed by atoms with Crippen molar-refractivity contribution < 1.29 is 4.79 Å². The van der Waals surface area contributed by atoms with E-state index in [4.69, 9.17) is 0 Å². The number of benzene rings is 1. The number of carbonyl (C=O) groups is 1. The summed E-state index contributed by atoms with van der Waals surface area (Å²) in [5.74, 6) is 1.26. The van der Waals surface area contributed by atoms with E-state index in [1.807, 2.05) is 30.3 Å². The molecule has 0 atom stereocenters. The summed E-state index contributed by atoms with van der Waals surface area (Å²) in [6, 6.07) is 8.11. The normalized spacial score (nSPS) is 21.8. The predicted molar refractivity (Wildman–Crippen MR) is 76.7 cm³/mol. The molecule has 1 N–H and O–H groups in total. The Bertz CT molecular complexity index is 549. The van der Waals surface area contributed by atoms with E-state index in [1.165, 1.54) is 18.4 Å². The summed E-state index contributed by atoms with van der Waals surface area (Å²) >= 11 is 0. The fourth-order valence-corrected chi connectivity index (χ4v) is 2.70. The van der Waals surface area contributed by atoms with Gasteiger partial charge < -0.3 is 5.32 Å². The molecule has 0 bridgehead atoms. The predicted octanol–water partition coefficient (Wildman–Crippen LogP) is 3.05. The molecule has 3 rings (SSSR count). The molecule has 1 fully saturated rings. The van der Waals surface area contributed by atoms with Crippen molar-refractivity contribution in [2.75, 3.05) is 0 Å². The summed E-state index contributed by atoms with van der Waals surface area (Å²) < 4.78 is 0. The largest absolute Gasteiger partial charge is 0.308 e. The first-order valence-corrected chi connectivity index (χ1v) is 6.91. The van der Waals surface area contributed by atoms with Crippen LogP contribution < -0.4 is 5.32 Å². The fraction of sp³-hybridized carbons (Fsp3) is 0.375. The SMILES string of the molecule is Cc1ccc(/C=C2/N=C(C3CCCC3)NC2=O)cc1. The molecule has 1 heterocycles. The Hall–Kier alpha value is -1.90. The van der Waals surface area contributed by atoms with E-state index in [0.717, 1.165) is 24.2 Å². The zero-order valence-corrected chi connectivity index (χ0v) is 11.1. The Morgan fingerprint density at radius 3 is 2.58 bits per heavy atom. The Labute approximate surface area is 113 Å². The highest BCUT2D eigenvalue weighted by Crippen LogP contribution is 2.27. The number of hydrogen-bond donors (Lipinski definition) is 1. The number of amidine groups is 1. The second-order valence-electron chi connectivity index (χ2n) is 5.37. The minimum atomic E-state index is -0.0672. The van der Waals surface area contributed by atoms with Crippen LogP contribution in [0.2, 0.25) is 0 Å². The van der Waals surface area contributed by atoms with Gasteiger partial charge in [-0.3, -0.25) is 4.79 Å². The van der Waals surface area contributed by atoms with Crippen LogP contribution in [0.4, 0.5) is 0 Å². The van der Waals surface area contributed by atoms with Gasteiger partial charge in [-0.05, 0) is 31.4 Å². The van der Waals surface area contributed by atoms with Gasteiger partial charge in [0.15, 0.2) is 0 Å². The molecule has 98 valence electrons. The lowest BCUT2D eigenvalue weighted by Crippen LogP contribution is -2.29. The molecule has 0 unspecified atom stereocenters. The van der Waals surface area contributed by atoms with Crippen molar-refractivity contribution >= 4 is 17.8 Å². The third-order valence-corrected chi connectivity index (χ3v) is 3.84. The first kappa shape index (κ1) is 12.2. The topological polar surface area (TPSA) is 41.5 Å². The molecule has 0 radical (unpaired) electrons. The lowest BCUT2D eigenvalue weighted by atomic mass is 10.1. The number of nitrogens with zero attached hydrogens (tertiary/aromatic N) is 1. The molecule has 2 aliphatic rings. The van der Waals surface area contributed by atoms with E-state index in [1.54, 1.807) is 0 Å². The third kappa shape index (κ3) is 2.60. The quantitative estimate of drug-likeness (QED) is 0.810. The van der Waals surface area contributed by atoms with Crippen LogP contribution in [-0.2, 0) is 4.79 Å². The summed E-state index contributed by atoms with van der Waals surface area (Å²) in [7, 11) is 0. The molecule has 3 heteroatoms. The van der Waals surface area contributed by atoms with Gasteiger partial charge in [0.2, 0.25) is 0 Å². The van der Waals surface area contributed by atoms with Gasteiger partial charge in [-0.2, -0.15) is 0 Å². The Kier molecular flexibility index (Phi) is 3.20. The molecule has 0 aromatic heterocycles. The van der Waals surface area contributed by atoms with Crippen molar-refractivity contribution in [3.05, 3.63) is 41.1 Å². The molecule has 3 nitrogen and oxygen atoms in total. The second-order valence-corrected chi connectivity index (χ2v) is 5.37. The van der Waals surface area contributed by atoms with Crippen molar-refractivity contribution in [3.63, 3.8) is 0 Å². The van der Waals surface area contributed by atoms with Gasteiger partial charge in [0.05, 0.1) is 0 Å². The average molecular weight is 254 g/mol. The van der Waals surface area contributed by atoms with E-state index in [2.05, 4.69) is 17.2 Å². The highest BCUT2D eigenvalue weighted by atomic mass is 16.2. The fourth-order valence-electron chi connectivity index (χ4n) is 2.70. The number of nitrogens with one attached hydrogen (secondary N) is 1. The first-order valence-electron chi connectivity index (χ1n) is 6.91. The van der Waals surface area contributed by atoms with Crippen LogP contribution in [-0.4, -0.2) is 11.7 Å². The Balaban J connectivity index is 1.83. The number of carbonyl (C=O) groups excluding carboxylic acids is 1. The van der Waals surface area contributed by atoms with Crippen LogP contribution in [0.3, 0.4) is 0 Å². The van der Waals surface area contributed by atoms with E-state index >= 15 is 0 Å². The highest BCUT2D eigenvalue weighted by molar-refractivity contribution is 6.15. The van der Waals surface area contributed by atoms with Crippen LogP contribution in [0, 0.1) is 12.8 Å². The number of rotatable bonds is 2. The van der Waals surface area contributed by atoms with Crippen molar-refractivity contribution in [2.45, 2.75) is 32.6 Å². The number of hydrogen-bond acceptors (Lipinski definition) is 2. The maximum absolute atomic E-state index is 11.9. The van der Waals surface area contributed by atoms with Gasteiger partial charge in [-0.1, -0.05) is 42.7 Å². The lowest BCUT2D eigenvalue weighted by molar-refractivity contribution is -0.115. The van der Waals surface area contributed by atoms with E-state index in [-0.39, 0.29) is 5.91 Å². The highest BCUT2D eigenvalue weighted by Gasteiger charge is 2.28. The lowest BCUT2D eigenvalue weighted by Gasteiger charge is -2.06. The van der Waals surface area contributed by atoms with Gasteiger partial charge in [-0.15, -0.1) is 0 Å². The van der Waals surface area contributed by atoms with Gasteiger partial charge >= 0.3 is 0 Å². The molecular formula is C16H18N2O. The van der Waals surface area contributed by atoms with Crippen LogP contribution in [0.1, 0.15) is 36.8 Å². The molecule has 1 saturated carbocycles. The first-order chi connectivity index (χ1) is 9.22. The Morgan fingerprint density at radius 2 is 1.89 bits per heavy atom. The third-order valence-electron chi connectivity index (χ3n) is 3.84. The van der Waals surface area contributed by atoms with E-state index in [9.17, 15) is 4.79 Å². The van der Waals surface area contributed by atoms with Crippen LogP contribution >= 0.6 is 0 Å².